The highest BCUT2D eigenvalue weighted by atomic mass is 35.5. The summed E-state index contributed by atoms with van der Waals surface area (Å²) in [5.41, 5.74) is 1.26. The van der Waals surface area contributed by atoms with E-state index in [1.165, 1.54) is 6.42 Å². The maximum absolute atomic E-state index is 13.0. The Morgan fingerprint density at radius 3 is 2.50 bits per heavy atom. The Labute approximate surface area is 176 Å². The summed E-state index contributed by atoms with van der Waals surface area (Å²) >= 11 is 12.6. The summed E-state index contributed by atoms with van der Waals surface area (Å²) in [4.78, 5) is 15.4. The van der Waals surface area contributed by atoms with Crippen molar-refractivity contribution in [1.29, 1.82) is 0 Å². The smallest absolute Gasteiger partial charge is 0.257 e. The molecule has 1 aromatic carbocycles. The monoisotopic (exact) mass is 423 g/mol. The van der Waals surface area contributed by atoms with Crippen LogP contribution in [0.25, 0.3) is 11.3 Å². The predicted octanol–water partition coefficient (Wildman–Crippen LogP) is 5.05. The van der Waals surface area contributed by atoms with Gasteiger partial charge >= 0.3 is 0 Å². The van der Waals surface area contributed by atoms with Crippen molar-refractivity contribution in [2.45, 2.75) is 40.2 Å². The number of likely N-dealkylation sites (tertiary alicyclic amines) is 1. The predicted molar refractivity (Wildman–Crippen MR) is 113 cm³/mol. The molecule has 0 spiro atoms. The molecule has 3 atom stereocenters. The topological polar surface area (TPSA) is 58.4 Å². The minimum Gasteiger partial charge on any atom is -0.360 e. The van der Waals surface area contributed by atoms with E-state index in [9.17, 15) is 4.79 Å². The van der Waals surface area contributed by atoms with E-state index in [-0.39, 0.29) is 11.9 Å². The fourth-order valence-corrected chi connectivity index (χ4v) is 4.78. The maximum atomic E-state index is 13.0. The zero-order valence-corrected chi connectivity index (χ0v) is 18.3. The van der Waals surface area contributed by atoms with Gasteiger partial charge in [0, 0.05) is 31.2 Å². The third kappa shape index (κ3) is 4.70. The highest BCUT2D eigenvalue weighted by Crippen LogP contribution is 2.36. The van der Waals surface area contributed by atoms with Gasteiger partial charge in [0.15, 0.2) is 0 Å². The lowest BCUT2D eigenvalue weighted by Crippen LogP contribution is -2.47. The second-order valence-corrected chi connectivity index (χ2v) is 8.91. The number of amides is 1. The van der Waals surface area contributed by atoms with E-state index < -0.39 is 0 Å². The molecule has 1 amide bonds. The van der Waals surface area contributed by atoms with Crippen LogP contribution in [0, 0.1) is 18.8 Å². The Bertz CT molecular complexity index is 822. The van der Waals surface area contributed by atoms with Crippen LogP contribution in [-0.4, -0.2) is 41.6 Å². The number of halogens is 2. The standard InChI is InChI=1S/C21H27Cl2N3O2/c1-12-8-13(2)10-26(9-12)11-14(3)24-21(27)18-15(4)28-25-20(18)19-16(22)6-5-7-17(19)23/h5-7,12-14H,8-11H2,1-4H3,(H,24,27). The molecule has 3 unspecified atom stereocenters. The summed E-state index contributed by atoms with van der Waals surface area (Å²) in [6.45, 7) is 11.3. The molecule has 1 aliphatic rings. The van der Waals surface area contributed by atoms with Crippen molar-refractivity contribution in [1.82, 2.24) is 15.4 Å². The van der Waals surface area contributed by atoms with E-state index in [2.05, 4.69) is 29.2 Å². The number of hydrogen-bond acceptors (Lipinski definition) is 4. The first-order chi connectivity index (χ1) is 13.3. The SMILES string of the molecule is Cc1onc(-c2c(Cl)cccc2Cl)c1C(=O)NC(C)CN1CC(C)CC(C)C1. The fourth-order valence-electron chi connectivity index (χ4n) is 4.20. The number of carbonyl (C=O) groups is 1. The third-order valence-electron chi connectivity index (χ3n) is 5.14. The molecule has 0 aliphatic carbocycles. The van der Waals surface area contributed by atoms with Gasteiger partial charge in [-0.25, -0.2) is 0 Å². The second-order valence-electron chi connectivity index (χ2n) is 8.10. The van der Waals surface area contributed by atoms with Gasteiger partial charge in [0.1, 0.15) is 17.0 Å². The first-order valence-electron chi connectivity index (χ1n) is 9.70. The quantitative estimate of drug-likeness (QED) is 0.730. The molecule has 1 fully saturated rings. The average molecular weight is 424 g/mol. The Kier molecular flexibility index (Phi) is 6.69. The van der Waals surface area contributed by atoms with Crippen molar-refractivity contribution in [3.63, 3.8) is 0 Å². The van der Waals surface area contributed by atoms with E-state index in [1.807, 2.05) is 6.92 Å². The first-order valence-corrected chi connectivity index (χ1v) is 10.5. The Balaban J connectivity index is 1.75. The van der Waals surface area contributed by atoms with Crippen molar-refractivity contribution < 1.29 is 9.32 Å². The molecule has 1 aromatic heterocycles. The number of aromatic nitrogens is 1. The zero-order valence-electron chi connectivity index (χ0n) is 16.8. The molecule has 0 saturated carbocycles. The van der Waals surface area contributed by atoms with E-state index in [0.717, 1.165) is 19.6 Å². The lowest BCUT2D eigenvalue weighted by Gasteiger charge is -2.36. The van der Waals surface area contributed by atoms with Crippen LogP contribution in [0.3, 0.4) is 0 Å². The summed E-state index contributed by atoms with van der Waals surface area (Å²) in [6, 6.07) is 5.18. The van der Waals surface area contributed by atoms with Crippen molar-refractivity contribution in [3.8, 4) is 11.3 Å². The molecule has 2 heterocycles. The van der Waals surface area contributed by atoms with Crippen LogP contribution in [0.15, 0.2) is 22.7 Å². The molecule has 2 aromatic rings. The fraction of sp³-hybridized carbons (Fsp3) is 0.524. The molecule has 5 nitrogen and oxygen atoms in total. The van der Waals surface area contributed by atoms with Crippen molar-refractivity contribution >= 4 is 29.1 Å². The van der Waals surface area contributed by atoms with E-state index in [4.69, 9.17) is 27.7 Å². The minimum atomic E-state index is -0.227. The number of aryl methyl sites for hydroxylation is 1. The number of rotatable bonds is 5. The van der Waals surface area contributed by atoms with Gasteiger partial charge in [-0.2, -0.15) is 0 Å². The molecule has 28 heavy (non-hydrogen) atoms. The van der Waals surface area contributed by atoms with Gasteiger partial charge in [0.2, 0.25) is 0 Å². The highest BCUT2D eigenvalue weighted by molar-refractivity contribution is 6.39. The van der Waals surface area contributed by atoms with E-state index >= 15 is 0 Å². The van der Waals surface area contributed by atoms with Gasteiger partial charge in [-0.05, 0) is 44.2 Å². The van der Waals surface area contributed by atoms with Crippen LogP contribution < -0.4 is 5.32 Å². The molecule has 152 valence electrons. The van der Waals surface area contributed by atoms with Gasteiger partial charge in [0.25, 0.3) is 5.91 Å². The van der Waals surface area contributed by atoms with Crippen molar-refractivity contribution in [2.24, 2.45) is 11.8 Å². The largest absolute Gasteiger partial charge is 0.360 e. The lowest BCUT2D eigenvalue weighted by molar-refractivity contribution is 0.0904. The highest BCUT2D eigenvalue weighted by Gasteiger charge is 2.27. The van der Waals surface area contributed by atoms with Gasteiger partial charge in [-0.3, -0.25) is 4.79 Å². The summed E-state index contributed by atoms with van der Waals surface area (Å²) in [5, 5.41) is 8.00. The average Bonchev–Trinajstić information content (AvgIpc) is 2.95. The van der Waals surface area contributed by atoms with Crippen LogP contribution in [0.1, 0.15) is 43.3 Å². The van der Waals surface area contributed by atoms with Crippen LogP contribution in [0.5, 0.6) is 0 Å². The van der Waals surface area contributed by atoms with Crippen LogP contribution >= 0.6 is 23.2 Å². The van der Waals surface area contributed by atoms with Crippen LogP contribution in [0.4, 0.5) is 0 Å². The molecular weight excluding hydrogens is 397 g/mol. The molecule has 1 saturated heterocycles. The Morgan fingerprint density at radius 1 is 1.29 bits per heavy atom. The molecule has 1 N–H and O–H groups in total. The van der Waals surface area contributed by atoms with Gasteiger partial charge in [0.05, 0.1) is 10.0 Å². The number of nitrogens with zero attached hydrogens (tertiary/aromatic N) is 2. The minimum absolute atomic E-state index is 0.00568. The normalized spacial score (nSPS) is 21.5. The number of nitrogens with one attached hydrogen (secondary N) is 1. The summed E-state index contributed by atoms with van der Waals surface area (Å²) in [6.07, 6.45) is 1.26. The van der Waals surface area contributed by atoms with Crippen molar-refractivity contribution in [3.05, 3.63) is 39.6 Å². The molecule has 1 aliphatic heterocycles. The van der Waals surface area contributed by atoms with Gasteiger partial charge < -0.3 is 14.7 Å². The summed E-state index contributed by atoms with van der Waals surface area (Å²) in [5.74, 6) is 1.58. The van der Waals surface area contributed by atoms with Crippen molar-refractivity contribution in [2.75, 3.05) is 19.6 Å². The molecule has 7 heteroatoms. The van der Waals surface area contributed by atoms with E-state index in [1.54, 1.807) is 25.1 Å². The van der Waals surface area contributed by atoms with Crippen LogP contribution in [0.2, 0.25) is 10.0 Å². The van der Waals surface area contributed by atoms with Gasteiger partial charge in [-0.1, -0.05) is 48.3 Å². The number of carbonyl (C=O) groups excluding carboxylic acids is 1. The number of piperidine rings is 1. The second kappa shape index (κ2) is 8.85. The van der Waals surface area contributed by atoms with Gasteiger partial charge in [-0.15, -0.1) is 0 Å². The number of hydrogen-bond donors (Lipinski definition) is 1. The number of benzene rings is 1. The Morgan fingerprint density at radius 2 is 1.89 bits per heavy atom. The summed E-state index contributed by atoms with van der Waals surface area (Å²) < 4.78 is 5.30. The first kappa shape index (κ1) is 21.2. The lowest BCUT2D eigenvalue weighted by atomic mass is 9.92. The van der Waals surface area contributed by atoms with E-state index in [0.29, 0.717) is 44.5 Å². The maximum Gasteiger partial charge on any atom is 0.257 e. The molecular formula is C21H27Cl2N3O2. The molecule has 0 radical (unpaired) electrons. The Hall–Kier alpha value is -1.56. The zero-order chi connectivity index (χ0) is 20.4. The third-order valence-corrected chi connectivity index (χ3v) is 5.77. The summed E-state index contributed by atoms with van der Waals surface area (Å²) in [7, 11) is 0. The molecule has 0 bridgehead atoms. The molecule has 3 rings (SSSR count). The van der Waals surface area contributed by atoms with Crippen LogP contribution in [-0.2, 0) is 0 Å².